The standard InChI is InChI=1S/C27H42N2O3/c1-4-5-8-20(2)25(30)12-11-23-24-18-21(17-22(24)19-26(23)31)9-6-7-10-27(32)29-15-13-28(3)14-16-29/h9,11-12,20,22-26,30-31H,6-8,10,13-19H2,1-3H3/t20-,22+,23-,24+,25-,26-/m1/s1. The molecule has 3 fully saturated rings. The number of aliphatic hydroxyl groups excluding tert-OH is 2. The van der Waals surface area contributed by atoms with Crippen molar-refractivity contribution >= 4 is 5.91 Å². The highest BCUT2D eigenvalue weighted by atomic mass is 16.3. The molecule has 1 heterocycles. The number of carbonyl (C=O) groups excluding carboxylic acids is 1. The molecule has 2 aliphatic carbocycles. The van der Waals surface area contributed by atoms with Gasteiger partial charge in [-0.25, -0.2) is 0 Å². The Hall–Kier alpha value is -1.61. The quantitative estimate of drug-likeness (QED) is 0.344. The van der Waals surface area contributed by atoms with Crippen molar-refractivity contribution in [2.45, 2.75) is 71.0 Å². The largest absolute Gasteiger partial charge is 0.392 e. The maximum atomic E-state index is 12.4. The topological polar surface area (TPSA) is 64.0 Å². The maximum absolute atomic E-state index is 12.4. The van der Waals surface area contributed by atoms with Crippen LogP contribution in [0.2, 0.25) is 0 Å². The van der Waals surface area contributed by atoms with E-state index in [4.69, 9.17) is 0 Å². The van der Waals surface area contributed by atoms with Crippen molar-refractivity contribution < 1.29 is 15.0 Å². The molecule has 0 aromatic heterocycles. The zero-order valence-corrected chi connectivity index (χ0v) is 20.2. The van der Waals surface area contributed by atoms with Crippen molar-refractivity contribution in [3.05, 3.63) is 23.8 Å². The Morgan fingerprint density at radius 2 is 2.00 bits per heavy atom. The number of hydrogen-bond acceptors (Lipinski definition) is 4. The Morgan fingerprint density at radius 3 is 2.72 bits per heavy atom. The van der Waals surface area contributed by atoms with E-state index in [1.54, 1.807) is 0 Å². The number of carbonyl (C=O) groups is 1. The summed E-state index contributed by atoms with van der Waals surface area (Å²) in [5.41, 5.74) is 1.49. The first-order chi connectivity index (χ1) is 15.4. The molecule has 0 aromatic rings. The number of fused-ring (bicyclic) bond motifs is 1. The van der Waals surface area contributed by atoms with E-state index in [-0.39, 0.29) is 17.9 Å². The zero-order valence-electron chi connectivity index (χ0n) is 20.2. The molecule has 32 heavy (non-hydrogen) atoms. The molecular formula is C27H42N2O3. The molecule has 2 N–H and O–H groups in total. The zero-order chi connectivity index (χ0) is 23.1. The van der Waals surface area contributed by atoms with Gasteiger partial charge in [0.15, 0.2) is 0 Å². The monoisotopic (exact) mass is 442 g/mol. The van der Waals surface area contributed by atoms with E-state index < -0.39 is 6.10 Å². The van der Waals surface area contributed by atoms with Crippen molar-refractivity contribution in [2.75, 3.05) is 33.2 Å². The Bertz CT molecular complexity index is 742. The number of aliphatic hydroxyl groups is 2. The van der Waals surface area contributed by atoms with Gasteiger partial charge >= 0.3 is 0 Å². The summed E-state index contributed by atoms with van der Waals surface area (Å²) in [7, 11) is 2.11. The molecule has 0 spiro atoms. The van der Waals surface area contributed by atoms with E-state index in [0.29, 0.717) is 30.6 Å². The Morgan fingerprint density at radius 1 is 1.25 bits per heavy atom. The lowest BCUT2D eigenvalue weighted by atomic mass is 9.89. The molecule has 1 amide bonds. The second-order valence-electron chi connectivity index (χ2n) is 10.1. The number of nitrogens with zero attached hydrogens (tertiary/aromatic N) is 2. The van der Waals surface area contributed by atoms with Crippen LogP contribution in [0.5, 0.6) is 0 Å². The molecule has 5 heteroatoms. The fraction of sp³-hybridized carbons (Fsp3) is 0.741. The SMILES string of the molecule is CC#CC[C@@H](C)[C@H](O)C=C[C@@H]1[C@H]2CC(=CCCCC(=O)N3CCN(C)CC3)C[C@H]2C[C@H]1O. The van der Waals surface area contributed by atoms with Crippen LogP contribution in [0, 0.1) is 35.5 Å². The lowest BCUT2D eigenvalue weighted by Gasteiger charge is -2.32. The number of piperazine rings is 1. The van der Waals surface area contributed by atoms with E-state index in [0.717, 1.165) is 58.3 Å². The Kier molecular flexibility index (Phi) is 9.40. The van der Waals surface area contributed by atoms with Crippen LogP contribution in [0.4, 0.5) is 0 Å². The summed E-state index contributed by atoms with van der Waals surface area (Å²) in [5, 5.41) is 21.0. The van der Waals surface area contributed by atoms with Crippen LogP contribution in [0.15, 0.2) is 23.8 Å². The maximum Gasteiger partial charge on any atom is 0.222 e. The lowest BCUT2D eigenvalue weighted by Crippen LogP contribution is -2.47. The molecule has 0 radical (unpaired) electrons. The second-order valence-corrected chi connectivity index (χ2v) is 10.1. The van der Waals surface area contributed by atoms with Gasteiger partial charge in [0.25, 0.3) is 0 Å². The second kappa shape index (κ2) is 12.0. The predicted octanol–water partition coefficient (Wildman–Crippen LogP) is 3.23. The van der Waals surface area contributed by atoms with Crippen LogP contribution in [0.1, 0.15) is 58.8 Å². The van der Waals surface area contributed by atoms with Gasteiger partial charge in [0.05, 0.1) is 12.2 Å². The minimum absolute atomic E-state index is 0.0978. The number of unbranched alkanes of at least 4 members (excludes halogenated alkanes) is 1. The average Bonchev–Trinajstić information content (AvgIpc) is 3.29. The van der Waals surface area contributed by atoms with Gasteiger partial charge in [0.2, 0.25) is 5.91 Å². The van der Waals surface area contributed by atoms with Crippen LogP contribution >= 0.6 is 0 Å². The molecule has 5 nitrogen and oxygen atoms in total. The predicted molar refractivity (Wildman–Crippen MR) is 129 cm³/mol. The van der Waals surface area contributed by atoms with Crippen molar-refractivity contribution in [3.63, 3.8) is 0 Å². The first kappa shape index (κ1) is 25.0. The van der Waals surface area contributed by atoms with Gasteiger partial charge in [-0.05, 0) is 63.8 Å². The third kappa shape index (κ3) is 6.70. The first-order valence-electron chi connectivity index (χ1n) is 12.5. The van der Waals surface area contributed by atoms with E-state index in [2.05, 4.69) is 35.9 Å². The molecule has 2 saturated carbocycles. The van der Waals surface area contributed by atoms with Crippen LogP contribution in [-0.4, -0.2) is 71.4 Å². The molecular weight excluding hydrogens is 400 g/mol. The molecule has 1 saturated heterocycles. The average molecular weight is 443 g/mol. The molecule has 1 aliphatic heterocycles. The number of hydrogen-bond donors (Lipinski definition) is 2. The summed E-state index contributed by atoms with van der Waals surface area (Å²) >= 11 is 0. The summed E-state index contributed by atoms with van der Waals surface area (Å²) in [6, 6.07) is 0. The summed E-state index contributed by atoms with van der Waals surface area (Å²) in [6.45, 7) is 7.50. The van der Waals surface area contributed by atoms with Gasteiger partial charge in [-0.3, -0.25) is 4.79 Å². The Labute approximate surface area is 194 Å². The van der Waals surface area contributed by atoms with Gasteiger partial charge < -0.3 is 20.0 Å². The van der Waals surface area contributed by atoms with E-state index in [1.807, 2.05) is 24.8 Å². The number of likely N-dealkylation sites (N-methyl/N-ethyl adjacent to an activating group) is 1. The van der Waals surface area contributed by atoms with Crippen molar-refractivity contribution in [2.24, 2.45) is 23.7 Å². The minimum atomic E-state index is -0.517. The van der Waals surface area contributed by atoms with Gasteiger partial charge in [0.1, 0.15) is 0 Å². The summed E-state index contributed by atoms with van der Waals surface area (Å²) in [6.07, 6.45) is 11.6. The van der Waals surface area contributed by atoms with Crippen LogP contribution in [0.25, 0.3) is 0 Å². The lowest BCUT2D eigenvalue weighted by molar-refractivity contribution is -0.132. The fourth-order valence-corrected chi connectivity index (χ4v) is 5.53. The molecule has 178 valence electrons. The summed E-state index contributed by atoms with van der Waals surface area (Å²) in [5.74, 6) is 7.45. The van der Waals surface area contributed by atoms with Crippen LogP contribution in [0.3, 0.4) is 0 Å². The number of allylic oxidation sites excluding steroid dienone is 2. The number of rotatable bonds is 8. The van der Waals surface area contributed by atoms with Gasteiger partial charge in [-0.2, -0.15) is 0 Å². The van der Waals surface area contributed by atoms with Crippen molar-refractivity contribution in [1.82, 2.24) is 9.80 Å². The highest BCUT2D eigenvalue weighted by molar-refractivity contribution is 5.76. The highest BCUT2D eigenvalue weighted by Crippen LogP contribution is 2.50. The van der Waals surface area contributed by atoms with Gasteiger partial charge in [-0.1, -0.05) is 30.7 Å². The summed E-state index contributed by atoms with van der Waals surface area (Å²) < 4.78 is 0. The van der Waals surface area contributed by atoms with E-state index >= 15 is 0 Å². The fourth-order valence-electron chi connectivity index (χ4n) is 5.53. The van der Waals surface area contributed by atoms with Gasteiger partial charge in [-0.15, -0.1) is 11.8 Å². The number of amides is 1. The third-order valence-electron chi connectivity index (χ3n) is 7.71. The first-order valence-corrected chi connectivity index (χ1v) is 12.5. The highest BCUT2D eigenvalue weighted by Gasteiger charge is 2.45. The van der Waals surface area contributed by atoms with Crippen molar-refractivity contribution in [3.8, 4) is 11.8 Å². The van der Waals surface area contributed by atoms with Crippen LogP contribution in [-0.2, 0) is 4.79 Å². The molecule has 3 aliphatic rings. The van der Waals surface area contributed by atoms with Gasteiger partial charge in [0, 0.05) is 44.9 Å². The van der Waals surface area contributed by atoms with Crippen LogP contribution < -0.4 is 0 Å². The van der Waals surface area contributed by atoms with E-state index in [1.165, 1.54) is 5.57 Å². The molecule has 3 rings (SSSR count). The minimum Gasteiger partial charge on any atom is -0.392 e. The van der Waals surface area contributed by atoms with Crippen molar-refractivity contribution in [1.29, 1.82) is 0 Å². The molecule has 0 unspecified atom stereocenters. The normalized spacial score (nSPS) is 31.5. The van der Waals surface area contributed by atoms with E-state index in [9.17, 15) is 15.0 Å². The molecule has 0 bridgehead atoms. The summed E-state index contributed by atoms with van der Waals surface area (Å²) in [4.78, 5) is 16.7. The smallest absolute Gasteiger partial charge is 0.222 e. The molecule has 6 atom stereocenters. The molecule has 0 aromatic carbocycles. The third-order valence-corrected chi connectivity index (χ3v) is 7.71. The Balaban J connectivity index is 1.43.